The van der Waals surface area contributed by atoms with Crippen LogP contribution < -0.4 is 15.6 Å². The van der Waals surface area contributed by atoms with Crippen LogP contribution in [-0.4, -0.2) is 42.5 Å². The summed E-state index contributed by atoms with van der Waals surface area (Å²) in [6.07, 6.45) is 3.95. The van der Waals surface area contributed by atoms with Gasteiger partial charge in [-0.2, -0.15) is 5.10 Å². The normalized spacial score (nSPS) is 14.7. The number of anilines is 1. The molecule has 0 atom stereocenters. The first kappa shape index (κ1) is 17.1. The van der Waals surface area contributed by atoms with Crippen LogP contribution in [0.2, 0.25) is 0 Å². The first-order chi connectivity index (χ1) is 12.0. The quantitative estimate of drug-likeness (QED) is 0.842. The largest absolute Gasteiger partial charge is 0.491 e. The third-order valence-corrected chi connectivity index (χ3v) is 4.35. The predicted octanol–water partition coefficient (Wildman–Crippen LogP) is 0.612. The van der Waals surface area contributed by atoms with E-state index in [0.29, 0.717) is 12.2 Å². The molecule has 1 saturated carbocycles. The summed E-state index contributed by atoms with van der Waals surface area (Å²) >= 11 is 0. The number of amides is 1. The minimum Gasteiger partial charge on any atom is -0.491 e. The molecule has 0 radical (unpaired) electrons. The van der Waals surface area contributed by atoms with Crippen LogP contribution in [0.15, 0.2) is 4.79 Å². The molecule has 10 heteroatoms. The zero-order valence-corrected chi connectivity index (χ0v) is 14.5. The Labute approximate surface area is 144 Å². The highest BCUT2D eigenvalue weighted by Gasteiger charge is 2.30. The van der Waals surface area contributed by atoms with E-state index in [9.17, 15) is 9.59 Å². The fourth-order valence-corrected chi connectivity index (χ4v) is 3.15. The first-order valence-corrected chi connectivity index (χ1v) is 8.30. The molecule has 134 valence electrons. The summed E-state index contributed by atoms with van der Waals surface area (Å²) < 4.78 is 8.22. The minimum atomic E-state index is -0.517. The molecule has 1 aliphatic carbocycles. The Morgan fingerprint density at radius 2 is 2.00 bits per heavy atom. The van der Waals surface area contributed by atoms with Crippen molar-refractivity contribution in [3.05, 3.63) is 21.6 Å². The number of aryl methyl sites for hydroxylation is 2. The topological polar surface area (TPSA) is 117 Å². The van der Waals surface area contributed by atoms with Crippen molar-refractivity contribution in [2.75, 3.05) is 11.9 Å². The van der Waals surface area contributed by atoms with Gasteiger partial charge in [-0.25, -0.2) is 9.36 Å². The van der Waals surface area contributed by atoms with Gasteiger partial charge in [0.1, 0.15) is 0 Å². The minimum absolute atomic E-state index is 0.0637. The van der Waals surface area contributed by atoms with Gasteiger partial charge in [-0.05, 0) is 36.1 Å². The number of hydrogen-bond acceptors (Lipinski definition) is 7. The van der Waals surface area contributed by atoms with Gasteiger partial charge < -0.3 is 4.74 Å². The second-order valence-corrected chi connectivity index (χ2v) is 6.01. The van der Waals surface area contributed by atoms with E-state index >= 15 is 0 Å². The van der Waals surface area contributed by atoms with Crippen molar-refractivity contribution in [1.29, 1.82) is 0 Å². The molecule has 1 fully saturated rings. The summed E-state index contributed by atoms with van der Waals surface area (Å²) in [5, 5.41) is 17.6. The number of ether oxygens (including phenoxy) is 1. The summed E-state index contributed by atoms with van der Waals surface area (Å²) in [5.41, 5.74) is 0.388. The lowest BCUT2D eigenvalue weighted by atomic mass is 9.97. The van der Waals surface area contributed by atoms with E-state index in [2.05, 4.69) is 25.9 Å². The Balaban J connectivity index is 2.07. The number of aromatic nitrogens is 6. The highest BCUT2D eigenvalue weighted by atomic mass is 16.5. The molecule has 0 spiro atoms. The van der Waals surface area contributed by atoms with E-state index in [1.54, 1.807) is 7.05 Å². The number of nitrogens with zero attached hydrogens (tertiary/aromatic N) is 6. The SMILES string of the molecule is CCOc1c(C(=O)Nc2nnnn2C)nn(C)c(=O)c1C1CCCC1. The van der Waals surface area contributed by atoms with Crippen LogP contribution in [0.3, 0.4) is 0 Å². The van der Waals surface area contributed by atoms with Crippen molar-refractivity contribution in [1.82, 2.24) is 30.0 Å². The Kier molecular flexibility index (Phi) is 4.77. The van der Waals surface area contributed by atoms with Gasteiger partial charge in [0.05, 0.1) is 12.2 Å². The van der Waals surface area contributed by atoms with Gasteiger partial charge in [-0.15, -0.1) is 0 Å². The highest BCUT2D eigenvalue weighted by Crippen LogP contribution is 2.37. The molecule has 0 aliphatic heterocycles. The standard InChI is InChI=1S/C15H21N7O3/c1-4-25-12-10(9-7-5-6-8-9)14(24)21(2)18-11(12)13(23)16-15-17-19-20-22(15)3/h9H,4-8H2,1-3H3,(H,16,17,20,23). The van der Waals surface area contributed by atoms with Crippen LogP contribution in [-0.2, 0) is 14.1 Å². The lowest BCUT2D eigenvalue weighted by Gasteiger charge is -2.18. The molecule has 1 amide bonds. The summed E-state index contributed by atoms with van der Waals surface area (Å²) in [6.45, 7) is 2.14. The lowest BCUT2D eigenvalue weighted by molar-refractivity contribution is 0.101. The zero-order valence-electron chi connectivity index (χ0n) is 14.5. The average molecular weight is 347 g/mol. The van der Waals surface area contributed by atoms with Gasteiger partial charge in [0.2, 0.25) is 5.95 Å². The van der Waals surface area contributed by atoms with Gasteiger partial charge >= 0.3 is 0 Å². The number of carbonyl (C=O) groups is 1. The maximum absolute atomic E-state index is 12.7. The number of hydrogen-bond donors (Lipinski definition) is 1. The monoisotopic (exact) mass is 347 g/mol. The van der Waals surface area contributed by atoms with Crippen molar-refractivity contribution < 1.29 is 9.53 Å². The molecular weight excluding hydrogens is 326 g/mol. The Morgan fingerprint density at radius 3 is 2.60 bits per heavy atom. The molecule has 0 aromatic carbocycles. The number of rotatable bonds is 5. The number of tetrazole rings is 1. The molecular formula is C15H21N7O3. The summed E-state index contributed by atoms with van der Waals surface area (Å²) in [4.78, 5) is 25.4. The maximum Gasteiger partial charge on any atom is 0.282 e. The van der Waals surface area contributed by atoms with Crippen molar-refractivity contribution in [2.24, 2.45) is 14.1 Å². The Bertz CT molecular complexity index is 836. The lowest BCUT2D eigenvalue weighted by Crippen LogP contribution is -2.30. The van der Waals surface area contributed by atoms with Crippen LogP contribution >= 0.6 is 0 Å². The van der Waals surface area contributed by atoms with Crippen molar-refractivity contribution in [2.45, 2.75) is 38.5 Å². The fraction of sp³-hybridized carbons (Fsp3) is 0.600. The fourth-order valence-electron chi connectivity index (χ4n) is 3.15. The van der Waals surface area contributed by atoms with Crippen molar-refractivity contribution >= 4 is 11.9 Å². The van der Waals surface area contributed by atoms with Crippen LogP contribution in [0.1, 0.15) is 54.6 Å². The van der Waals surface area contributed by atoms with E-state index in [-0.39, 0.29) is 28.9 Å². The van der Waals surface area contributed by atoms with E-state index in [1.165, 1.54) is 16.4 Å². The van der Waals surface area contributed by atoms with E-state index < -0.39 is 5.91 Å². The molecule has 3 rings (SSSR count). The Morgan fingerprint density at radius 1 is 1.28 bits per heavy atom. The molecule has 2 aromatic rings. The van der Waals surface area contributed by atoms with E-state index in [0.717, 1.165) is 25.7 Å². The molecule has 0 bridgehead atoms. The smallest absolute Gasteiger partial charge is 0.282 e. The van der Waals surface area contributed by atoms with Gasteiger partial charge in [0.25, 0.3) is 11.5 Å². The molecule has 1 aliphatic rings. The molecule has 2 aromatic heterocycles. The Hall–Kier alpha value is -2.78. The second-order valence-electron chi connectivity index (χ2n) is 6.01. The first-order valence-electron chi connectivity index (χ1n) is 8.30. The molecule has 2 heterocycles. The number of nitrogens with one attached hydrogen (secondary N) is 1. The molecule has 25 heavy (non-hydrogen) atoms. The van der Waals surface area contributed by atoms with E-state index in [4.69, 9.17) is 4.74 Å². The van der Waals surface area contributed by atoms with Crippen LogP contribution in [0.5, 0.6) is 5.75 Å². The van der Waals surface area contributed by atoms with Gasteiger partial charge in [-0.3, -0.25) is 14.9 Å². The van der Waals surface area contributed by atoms with Gasteiger partial charge in [0, 0.05) is 14.1 Å². The van der Waals surface area contributed by atoms with Crippen LogP contribution in [0, 0.1) is 0 Å². The molecule has 10 nitrogen and oxygen atoms in total. The third-order valence-electron chi connectivity index (χ3n) is 4.35. The average Bonchev–Trinajstić information content (AvgIpc) is 3.24. The maximum atomic E-state index is 12.7. The van der Waals surface area contributed by atoms with Crippen molar-refractivity contribution in [3.63, 3.8) is 0 Å². The van der Waals surface area contributed by atoms with Crippen molar-refractivity contribution in [3.8, 4) is 5.75 Å². The molecule has 0 saturated heterocycles. The van der Waals surface area contributed by atoms with Crippen LogP contribution in [0.25, 0.3) is 0 Å². The zero-order chi connectivity index (χ0) is 18.0. The highest BCUT2D eigenvalue weighted by molar-refractivity contribution is 6.04. The summed E-state index contributed by atoms with van der Waals surface area (Å²) in [5.74, 6) is 0.0261. The predicted molar refractivity (Wildman–Crippen MR) is 88.6 cm³/mol. The van der Waals surface area contributed by atoms with Gasteiger partial charge in [-0.1, -0.05) is 17.9 Å². The second kappa shape index (κ2) is 6.99. The number of carbonyl (C=O) groups excluding carboxylic acids is 1. The third kappa shape index (κ3) is 3.24. The molecule has 1 N–H and O–H groups in total. The van der Waals surface area contributed by atoms with Gasteiger partial charge in [0.15, 0.2) is 11.4 Å². The summed E-state index contributed by atoms with van der Waals surface area (Å²) in [7, 11) is 3.15. The van der Waals surface area contributed by atoms with Crippen LogP contribution in [0.4, 0.5) is 5.95 Å². The van der Waals surface area contributed by atoms with E-state index in [1.807, 2.05) is 6.92 Å². The molecule has 0 unspecified atom stereocenters. The summed E-state index contributed by atoms with van der Waals surface area (Å²) in [6, 6.07) is 0.